The molecule has 0 spiro atoms. The summed E-state index contributed by atoms with van der Waals surface area (Å²) in [6.07, 6.45) is 0.503. The van der Waals surface area contributed by atoms with E-state index in [1.807, 2.05) is 19.2 Å². The third-order valence-electron chi connectivity index (χ3n) is 4.19. The lowest BCUT2D eigenvalue weighted by atomic mass is 9.99. The molecule has 7 heteroatoms. The normalized spacial score (nSPS) is 12.1. The molecule has 1 aromatic carbocycles. The molecule has 0 bridgehead atoms. The van der Waals surface area contributed by atoms with Crippen LogP contribution in [0.4, 0.5) is 9.93 Å². The van der Waals surface area contributed by atoms with Crippen LogP contribution in [0.3, 0.4) is 0 Å². The second-order valence-corrected chi connectivity index (χ2v) is 7.83. The number of hydrogen-bond acceptors (Lipinski definition) is 4. The minimum absolute atomic E-state index is 0.239. The fourth-order valence-electron chi connectivity index (χ4n) is 2.76. The summed E-state index contributed by atoms with van der Waals surface area (Å²) in [5.41, 5.74) is 10.6. The summed E-state index contributed by atoms with van der Waals surface area (Å²) in [5.74, 6) is -0.0714. The zero-order chi connectivity index (χ0) is 19.4. The van der Waals surface area contributed by atoms with Gasteiger partial charge >= 0.3 is 6.03 Å². The van der Waals surface area contributed by atoms with Crippen molar-refractivity contribution in [2.45, 2.75) is 47.1 Å². The van der Waals surface area contributed by atoms with Crippen molar-refractivity contribution in [1.29, 1.82) is 0 Å². The minimum atomic E-state index is -0.712. The molecule has 0 saturated carbocycles. The molecular formula is C19H26N4O2S. The molecule has 2 rings (SSSR count). The van der Waals surface area contributed by atoms with E-state index in [-0.39, 0.29) is 11.8 Å². The summed E-state index contributed by atoms with van der Waals surface area (Å²) in [7, 11) is 0. The largest absolute Gasteiger partial charge is 0.352 e. The molecule has 0 fully saturated rings. The summed E-state index contributed by atoms with van der Waals surface area (Å²) in [4.78, 5) is 28.2. The number of carbonyl (C=O) groups excluding carboxylic acids is 2. The van der Waals surface area contributed by atoms with Crippen LogP contribution >= 0.6 is 11.3 Å². The quantitative estimate of drug-likeness (QED) is 0.718. The lowest BCUT2D eigenvalue weighted by Crippen LogP contribution is -2.46. The van der Waals surface area contributed by atoms with Crippen molar-refractivity contribution < 1.29 is 9.59 Å². The lowest BCUT2D eigenvalue weighted by Gasteiger charge is -2.18. The van der Waals surface area contributed by atoms with Gasteiger partial charge in [-0.3, -0.25) is 4.79 Å². The van der Waals surface area contributed by atoms with E-state index in [1.54, 1.807) is 0 Å². The number of nitrogens with two attached hydrogens (primary N) is 1. The Kier molecular flexibility index (Phi) is 6.37. The van der Waals surface area contributed by atoms with E-state index in [4.69, 9.17) is 5.73 Å². The van der Waals surface area contributed by atoms with Gasteiger partial charge in [0.1, 0.15) is 6.04 Å². The van der Waals surface area contributed by atoms with Crippen LogP contribution in [0, 0.1) is 26.7 Å². The van der Waals surface area contributed by atoms with Gasteiger partial charge in [-0.05, 0) is 55.9 Å². The fraction of sp³-hybridized carbons (Fsp3) is 0.421. The zero-order valence-electron chi connectivity index (χ0n) is 15.8. The first kappa shape index (κ1) is 19.9. The highest BCUT2D eigenvalue weighted by Gasteiger charge is 2.22. The Labute approximate surface area is 158 Å². The monoisotopic (exact) mass is 374 g/mol. The van der Waals surface area contributed by atoms with E-state index in [1.165, 1.54) is 22.5 Å². The van der Waals surface area contributed by atoms with Crippen molar-refractivity contribution in [2.75, 3.05) is 5.32 Å². The topological polar surface area (TPSA) is 97.1 Å². The highest BCUT2D eigenvalue weighted by molar-refractivity contribution is 7.14. The van der Waals surface area contributed by atoms with Gasteiger partial charge in [0, 0.05) is 10.9 Å². The number of benzene rings is 1. The Balaban J connectivity index is 2.17. The Hall–Kier alpha value is -2.41. The second kappa shape index (κ2) is 8.31. The molecule has 0 radical (unpaired) electrons. The van der Waals surface area contributed by atoms with E-state index >= 15 is 0 Å². The molecule has 3 amide bonds. The predicted molar refractivity (Wildman–Crippen MR) is 106 cm³/mol. The zero-order valence-corrected chi connectivity index (χ0v) is 16.7. The average molecular weight is 375 g/mol. The second-order valence-electron chi connectivity index (χ2n) is 6.97. The summed E-state index contributed by atoms with van der Waals surface area (Å²) >= 11 is 1.36. The van der Waals surface area contributed by atoms with E-state index < -0.39 is 12.1 Å². The molecule has 1 aromatic heterocycles. The molecule has 1 heterocycles. The van der Waals surface area contributed by atoms with Crippen molar-refractivity contribution in [3.05, 3.63) is 34.2 Å². The van der Waals surface area contributed by atoms with Crippen molar-refractivity contribution in [1.82, 2.24) is 10.3 Å². The highest BCUT2D eigenvalue weighted by atomic mass is 32.1. The standard InChI is InChI=1S/C19H26N4O2S/c1-10(2)6-15(21-18(20)25)17(24)23-19-22-16(9-26-19)14-8-12(4)11(3)7-13(14)5/h7-10,15H,6H2,1-5H3,(H3,20,21,25)(H,22,23,24)/t15-/m0/s1. The molecule has 1 atom stereocenters. The van der Waals surface area contributed by atoms with Gasteiger partial charge in [-0.25, -0.2) is 9.78 Å². The van der Waals surface area contributed by atoms with Gasteiger partial charge in [-0.1, -0.05) is 19.9 Å². The van der Waals surface area contributed by atoms with Crippen LogP contribution in [0.5, 0.6) is 0 Å². The summed E-state index contributed by atoms with van der Waals surface area (Å²) in [6, 6.07) is 2.86. The number of thiazole rings is 1. The van der Waals surface area contributed by atoms with Gasteiger partial charge in [-0.15, -0.1) is 11.3 Å². The molecule has 6 nitrogen and oxygen atoms in total. The number of nitrogens with zero attached hydrogens (tertiary/aromatic N) is 1. The van der Waals surface area contributed by atoms with Crippen LogP contribution in [-0.2, 0) is 4.79 Å². The van der Waals surface area contributed by atoms with Crippen LogP contribution in [0.2, 0.25) is 0 Å². The molecule has 0 aliphatic carbocycles. The smallest absolute Gasteiger partial charge is 0.312 e. The number of rotatable bonds is 6. The fourth-order valence-corrected chi connectivity index (χ4v) is 3.47. The molecular weight excluding hydrogens is 348 g/mol. The predicted octanol–water partition coefficient (Wildman–Crippen LogP) is 3.76. The molecule has 2 aromatic rings. The van der Waals surface area contributed by atoms with Gasteiger partial charge < -0.3 is 16.4 Å². The van der Waals surface area contributed by atoms with Gasteiger partial charge in [0.2, 0.25) is 5.91 Å². The van der Waals surface area contributed by atoms with Gasteiger partial charge in [0.15, 0.2) is 5.13 Å². The maximum Gasteiger partial charge on any atom is 0.312 e. The first-order valence-corrected chi connectivity index (χ1v) is 9.46. The number of amides is 3. The van der Waals surface area contributed by atoms with E-state index in [0.717, 1.165) is 16.8 Å². The van der Waals surface area contributed by atoms with E-state index in [2.05, 4.69) is 48.5 Å². The van der Waals surface area contributed by atoms with Crippen LogP contribution in [0.25, 0.3) is 11.3 Å². The van der Waals surface area contributed by atoms with Crippen LogP contribution in [-0.4, -0.2) is 23.0 Å². The number of anilines is 1. The van der Waals surface area contributed by atoms with Crippen molar-refractivity contribution in [2.24, 2.45) is 11.7 Å². The molecule has 4 N–H and O–H groups in total. The number of primary amides is 1. The number of aryl methyl sites for hydroxylation is 3. The summed E-state index contributed by atoms with van der Waals surface area (Å²) < 4.78 is 0. The van der Waals surface area contributed by atoms with Crippen molar-refractivity contribution >= 4 is 28.4 Å². The molecule has 140 valence electrons. The number of carbonyl (C=O) groups is 2. The van der Waals surface area contributed by atoms with E-state index in [9.17, 15) is 9.59 Å². The first-order valence-electron chi connectivity index (χ1n) is 8.58. The van der Waals surface area contributed by atoms with Crippen LogP contribution < -0.4 is 16.4 Å². The van der Waals surface area contributed by atoms with Crippen molar-refractivity contribution in [3.63, 3.8) is 0 Å². The highest BCUT2D eigenvalue weighted by Crippen LogP contribution is 2.29. The number of hydrogen-bond donors (Lipinski definition) is 3. The molecule has 0 aliphatic rings. The maximum atomic E-state index is 12.5. The minimum Gasteiger partial charge on any atom is -0.352 e. The molecule has 0 aliphatic heterocycles. The Morgan fingerprint density at radius 1 is 1.15 bits per heavy atom. The van der Waals surface area contributed by atoms with Crippen molar-refractivity contribution in [3.8, 4) is 11.3 Å². The molecule has 26 heavy (non-hydrogen) atoms. The Morgan fingerprint density at radius 3 is 2.42 bits per heavy atom. The number of aromatic nitrogens is 1. The van der Waals surface area contributed by atoms with Crippen LogP contribution in [0.1, 0.15) is 37.0 Å². The van der Waals surface area contributed by atoms with E-state index in [0.29, 0.717) is 11.6 Å². The van der Waals surface area contributed by atoms with Gasteiger partial charge in [0.05, 0.1) is 5.69 Å². The average Bonchev–Trinajstić information content (AvgIpc) is 2.97. The molecule has 0 unspecified atom stereocenters. The number of nitrogens with one attached hydrogen (secondary N) is 2. The Bertz CT molecular complexity index is 814. The van der Waals surface area contributed by atoms with Crippen LogP contribution in [0.15, 0.2) is 17.5 Å². The summed E-state index contributed by atoms with van der Waals surface area (Å²) in [6.45, 7) is 10.2. The Morgan fingerprint density at radius 2 is 1.81 bits per heavy atom. The maximum absolute atomic E-state index is 12.5. The third-order valence-corrected chi connectivity index (χ3v) is 4.95. The number of urea groups is 1. The SMILES string of the molecule is Cc1cc(C)c(-c2csc(NC(=O)[C@H](CC(C)C)NC(N)=O)n2)cc1C. The molecule has 0 saturated heterocycles. The third kappa shape index (κ3) is 5.05. The van der Waals surface area contributed by atoms with Gasteiger partial charge in [0.25, 0.3) is 0 Å². The lowest BCUT2D eigenvalue weighted by molar-refractivity contribution is -0.118. The summed E-state index contributed by atoms with van der Waals surface area (Å²) in [5, 5.41) is 7.71. The van der Waals surface area contributed by atoms with Gasteiger partial charge in [-0.2, -0.15) is 0 Å². The first-order chi connectivity index (χ1) is 12.2.